The molecule has 0 unspecified atom stereocenters. The van der Waals surface area contributed by atoms with Crippen LogP contribution in [-0.2, 0) is 0 Å². The summed E-state index contributed by atoms with van der Waals surface area (Å²) in [5.41, 5.74) is 6.70. The number of halogens is 2. The fourth-order valence-electron chi connectivity index (χ4n) is 5.36. The van der Waals surface area contributed by atoms with Gasteiger partial charge in [-0.05, 0) is 43.0 Å². The van der Waals surface area contributed by atoms with Gasteiger partial charge in [0.2, 0.25) is 17.2 Å². The number of carbonyl (C=O) groups is 1. The molecule has 0 spiro atoms. The molecule has 3 atom stereocenters. The molecule has 0 amide bonds. The van der Waals surface area contributed by atoms with Gasteiger partial charge in [0.15, 0.2) is 0 Å². The third-order valence-electron chi connectivity index (χ3n) is 7.24. The number of nitrogen functional groups attached to an aromatic ring is 1. The van der Waals surface area contributed by atoms with Crippen LogP contribution in [-0.4, -0.2) is 51.4 Å². The van der Waals surface area contributed by atoms with Gasteiger partial charge < -0.3 is 29.8 Å². The zero-order valence-electron chi connectivity index (χ0n) is 20.7. The van der Waals surface area contributed by atoms with Gasteiger partial charge in [0.25, 0.3) is 0 Å². The molecule has 12 heteroatoms. The third kappa shape index (κ3) is 4.49. The van der Waals surface area contributed by atoms with Crippen molar-refractivity contribution in [2.45, 2.75) is 24.9 Å². The smallest absolute Gasteiger partial charge is 0.341 e. The standard InChI is InChI=1S/C27H23Cl2N5O5/c1-38-24-3-2-18(28)26(32-24)39-12-15-6-13-7-20(13)34(15)22-10-21-16(9-19(22)29)25(35)17(27(36)37)11-33(21)14-4-5-31-23(30)8-14/h2-5,8-11,13,15,20H,6-7,12H2,1H3,(H2,30,31)(H,36,37)/t13-,15-,20+/m1/s1. The average molecular weight is 568 g/mol. The van der Waals surface area contributed by atoms with Crippen LogP contribution in [0.25, 0.3) is 16.6 Å². The van der Waals surface area contributed by atoms with Gasteiger partial charge in [-0.2, -0.15) is 4.98 Å². The largest absolute Gasteiger partial charge is 0.481 e. The van der Waals surface area contributed by atoms with E-state index in [1.807, 2.05) is 6.07 Å². The molecule has 10 nitrogen and oxygen atoms in total. The minimum absolute atomic E-state index is 0.0252. The first-order valence-electron chi connectivity index (χ1n) is 12.2. The van der Waals surface area contributed by atoms with Crippen LogP contribution in [0.2, 0.25) is 10.0 Å². The molecule has 1 saturated carbocycles. The van der Waals surface area contributed by atoms with E-state index in [9.17, 15) is 14.7 Å². The molecule has 1 aliphatic carbocycles. The molecule has 3 aromatic heterocycles. The number of carboxylic acids is 1. The summed E-state index contributed by atoms with van der Waals surface area (Å²) in [6.45, 7) is 0.312. The molecule has 4 aromatic rings. The predicted octanol–water partition coefficient (Wildman–Crippen LogP) is 4.42. The van der Waals surface area contributed by atoms with Gasteiger partial charge in [-0.3, -0.25) is 4.79 Å². The summed E-state index contributed by atoms with van der Waals surface area (Å²) in [6, 6.07) is 10.2. The highest BCUT2D eigenvalue weighted by Gasteiger charge is 2.52. The number of piperidine rings is 1. The molecule has 0 radical (unpaired) electrons. The maximum atomic E-state index is 13.1. The Morgan fingerprint density at radius 3 is 2.74 bits per heavy atom. The van der Waals surface area contributed by atoms with E-state index in [0.29, 0.717) is 39.7 Å². The van der Waals surface area contributed by atoms with Crippen molar-refractivity contribution < 1.29 is 19.4 Å². The van der Waals surface area contributed by atoms with E-state index in [0.717, 1.165) is 18.5 Å². The number of fused-ring (bicyclic) bond motifs is 2. The van der Waals surface area contributed by atoms with Crippen molar-refractivity contribution in [3.05, 3.63) is 74.6 Å². The van der Waals surface area contributed by atoms with Crippen LogP contribution in [0, 0.1) is 5.92 Å². The van der Waals surface area contributed by atoms with Crippen molar-refractivity contribution in [2.75, 3.05) is 24.4 Å². The Kier molecular flexibility index (Phi) is 6.23. The van der Waals surface area contributed by atoms with E-state index in [-0.39, 0.29) is 34.7 Å². The lowest BCUT2D eigenvalue weighted by Gasteiger charge is -2.31. The van der Waals surface area contributed by atoms with Gasteiger partial charge in [0.05, 0.1) is 35.1 Å². The second kappa shape index (κ2) is 9.62. The van der Waals surface area contributed by atoms with E-state index >= 15 is 0 Å². The molecule has 3 N–H and O–H groups in total. The van der Waals surface area contributed by atoms with Crippen LogP contribution >= 0.6 is 23.2 Å². The molecule has 1 saturated heterocycles. The highest BCUT2D eigenvalue weighted by atomic mass is 35.5. The van der Waals surface area contributed by atoms with Gasteiger partial charge in [0, 0.05) is 36.0 Å². The number of nitrogens with two attached hydrogens (primary N) is 1. The SMILES string of the molecule is COc1ccc(Cl)c(OC[C@H]2C[C@@H]3C[C@@H]3N2c2cc3c(cc2Cl)c(=O)c(C(=O)O)cn3-c2ccnc(N)c2)n1. The van der Waals surface area contributed by atoms with Crippen LogP contribution in [0.3, 0.4) is 0 Å². The van der Waals surface area contributed by atoms with Crippen molar-refractivity contribution in [1.29, 1.82) is 0 Å². The number of hydrogen-bond acceptors (Lipinski definition) is 8. The summed E-state index contributed by atoms with van der Waals surface area (Å²) in [6.07, 6.45) is 4.74. The summed E-state index contributed by atoms with van der Waals surface area (Å²) in [5.74, 6) is 0.101. The number of methoxy groups -OCH3 is 1. The molecule has 0 bridgehead atoms. The van der Waals surface area contributed by atoms with Gasteiger partial charge in [0.1, 0.15) is 23.0 Å². The molecule has 1 aliphatic heterocycles. The average Bonchev–Trinajstić information content (AvgIpc) is 3.58. The first-order valence-corrected chi connectivity index (χ1v) is 13.0. The normalized spacial score (nSPS) is 19.7. The van der Waals surface area contributed by atoms with Crippen molar-refractivity contribution in [3.8, 4) is 17.4 Å². The number of rotatable bonds is 7. The topological polar surface area (TPSA) is 133 Å². The molecule has 2 fully saturated rings. The number of hydrogen-bond donors (Lipinski definition) is 2. The van der Waals surface area contributed by atoms with Crippen LogP contribution in [0.1, 0.15) is 23.2 Å². The maximum Gasteiger partial charge on any atom is 0.341 e. The van der Waals surface area contributed by atoms with Crippen LogP contribution < -0.4 is 25.5 Å². The number of anilines is 2. The second-order valence-electron chi connectivity index (χ2n) is 9.62. The molecule has 2 aliphatic rings. The number of carboxylic acid groups (broad SMARTS) is 1. The number of benzene rings is 1. The number of pyridine rings is 3. The van der Waals surface area contributed by atoms with Crippen LogP contribution in [0.15, 0.2) is 53.6 Å². The van der Waals surface area contributed by atoms with Crippen molar-refractivity contribution in [2.24, 2.45) is 5.92 Å². The highest BCUT2D eigenvalue weighted by molar-refractivity contribution is 6.34. The monoisotopic (exact) mass is 567 g/mol. The zero-order valence-corrected chi connectivity index (χ0v) is 22.2. The molecular weight excluding hydrogens is 545 g/mol. The Bertz CT molecular complexity index is 1690. The molecular formula is C27H23Cl2N5O5. The Morgan fingerprint density at radius 2 is 2.00 bits per heavy atom. The Hall–Kier alpha value is -4.02. The van der Waals surface area contributed by atoms with Gasteiger partial charge in [-0.25, -0.2) is 9.78 Å². The maximum absolute atomic E-state index is 13.1. The Balaban J connectivity index is 1.43. The number of ether oxygens (including phenoxy) is 2. The van der Waals surface area contributed by atoms with Gasteiger partial charge in [-0.1, -0.05) is 23.2 Å². The summed E-state index contributed by atoms with van der Waals surface area (Å²) in [7, 11) is 1.52. The van der Waals surface area contributed by atoms with Crippen LogP contribution in [0.5, 0.6) is 11.8 Å². The Morgan fingerprint density at radius 1 is 1.18 bits per heavy atom. The van der Waals surface area contributed by atoms with E-state index in [4.69, 9.17) is 38.4 Å². The van der Waals surface area contributed by atoms with Crippen LogP contribution in [0.4, 0.5) is 11.5 Å². The molecule has 39 heavy (non-hydrogen) atoms. The van der Waals surface area contributed by atoms with Gasteiger partial charge in [-0.15, -0.1) is 0 Å². The fraction of sp³-hybridized carbons (Fsp3) is 0.259. The van der Waals surface area contributed by atoms with Crippen molar-refractivity contribution >= 4 is 51.6 Å². The lowest BCUT2D eigenvalue weighted by molar-refractivity contribution is 0.0695. The van der Waals surface area contributed by atoms with E-state index in [1.165, 1.54) is 25.6 Å². The number of nitrogens with zero attached hydrogens (tertiary/aromatic N) is 4. The zero-order chi connectivity index (χ0) is 27.4. The summed E-state index contributed by atoms with van der Waals surface area (Å²) in [5, 5.41) is 10.6. The van der Waals surface area contributed by atoms with Gasteiger partial charge >= 0.3 is 5.97 Å². The predicted molar refractivity (Wildman–Crippen MR) is 148 cm³/mol. The first kappa shape index (κ1) is 25.3. The lowest BCUT2D eigenvalue weighted by Crippen LogP contribution is -2.37. The minimum Gasteiger partial charge on any atom is -0.481 e. The summed E-state index contributed by atoms with van der Waals surface area (Å²) in [4.78, 5) is 35.6. The van der Waals surface area contributed by atoms with Crippen molar-refractivity contribution in [3.63, 3.8) is 0 Å². The quantitative estimate of drug-likeness (QED) is 0.332. The minimum atomic E-state index is -1.33. The molecule has 6 rings (SSSR count). The molecule has 1 aromatic carbocycles. The van der Waals surface area contributed by atoms with Crippen molar-refractivity contribution in [1.82, 2.24) is 14.5 Å². The Labute approximate surface area is 232 Å². The fourth-order valence-corrected chi connectivity index (χ4v) is 5.79. The third-order valence-corrected chi connectivity index (χ3v) is 7.83. The first-order chi connectivity index (χ1) is 18.7. The lowest BCUT2D eigenvalue weighted by atomic mass is 10.1. The number of aromatic nitrogens is 3. The summed E-state index contributed by atoms with van der Waals surface area (Å²) >= 11 is 13.1. The summed E-state index contributed by atoms with van der Waals surface area (Å²) < 4.78 is 12.8. The second-order valence-corrected chi connectivity index (χ2v) is 10.4. The number of aromatic carboxylic acids is 1. The van der Waals surface area contributed by atoms with E-state index in [2.05, 4.69) is 14.9 Å². The molecule has 4 heterocycles. The van der Waals surface area contributed by atoms with E-state index < -0.39 is 11.4 Å². The van der Waals surface area contributed by atoms with E-state index in [1.54, 1.807) is 28.8 Å². The molecule has 200 valence electrons. The highest BCUT2D eigenvalue weighted by Crippen LogP contribution is 2.51.